The molecule has 3 heterocycles. The molecule has 124 valence electrons. The van der Waals surface area contributed by atoms with Crippen molar-refractivity contribution in [3.63, 3.8) is 0 Å². The minimum Gasteiger partial charge on any atom is -0.456 e. The third-order valence-electron chi connectivity index (χ3n) is 4.31. The van der Waals surface area contributed by atoms with E-state index in [0.717, 1.165) is 6.07 Å². The molecule has 0 spiro atoms. The monoisotopic (exact) mass is 335 g/mol. The fourth-order valence-corrected chi connectivity index (χ4v) is 3.30. The van der Waals surface area contributed by atoms with E-state index in [4.69, 9.17) is 4.74 Å². The molecular formula is C16H12F3N3O2. The third kappa shape index (κ3) is 2.02. The zero-order valence-corrected chi connectivity index (χ0v) is 12.5. The average molecular weight is 335 g/mol. The Labute approximate surface area is 134 Å². The van der Waals surface area contributed by atoms with Crippen molar-refractivity contribution in [2.75, 3.05) is 11.9 Å². The Kier molecular flexibility index (Phi) is 3.00. The number of esters is 1. The highest BCUT2D eigenvalue weighted by Crippen LogP contribution is 2.47. The third-order valence-corrected chi connectivity index (χ3v) is 4.31. The lowest BCUT2D eigenvalue weighted by molar-refractivity contribution is -0.139. The lowest BCUT2D eigenvalue weighted by atomic mass is 9.80. The summed E-state index contributed by atoms with van der Waals surface area (Å²) in [6.45, 7) is 1.72. The number of fused-ring (bicyclic) bond motifs is 1. The van der Waals surface area contributed by atoms with E-state index in [1.54, 1.807) is 6.92 Å². The number of cyclic esters (lactones) is 1. The first kappa shape index (κ1) is 14.8. The molecular weight excluding hydrogens is 323 g/mol. The number of benzene rings is 1. The number of nitrogens with zero attached hydrogens (tertiary/aromatic N) is 1. The lowest BCUT2D eigenvalue weighted by Gasteiger charge is -2.26. The van der Waals surface area contributed by atoms with Crippen molar-refractivity contribution < 1.29 is 22.7 Å². The fourth-order valence-electron chi connectivity index (χ4n) is 3.30. The van der Waals surface area contributed by atoms with Crippen LogP contribution in [0.4, 0.5) is 19.0 Å². The van der Waals surface area contributed by atoms with Gasteiger partial charge in [-0.3, -0.25) is 5.10 Å². The van der Waals surface area contributed by atoms with E-state index in [-0.39, 0.29) is 17.7 Å². The van der Waals surface area contributed by atoms with Gasteiger partial charge in [-0.05, 0) is 18.6 Å². The summed E-state index contributed by atoms with van der Waals surface area (Å²) in [5.74, 6) is -1.06. The second-order valence-electron chi connectivity index (χ2n) is 5.72. The van der Waals surface area contributed by atoms with E-state index in [1.807, 2.05) is 0 Å². The number of aryl methyl sites for hydroxylation is 1. The number of hydrogen-bond acceptors (Lipinski definition) is 4. The van der Waals surface area contributed by atoms with Crippen molar-refractivity contribution in [1.29, 1.82) is 0 Å². The molecule has 0 saturated heterocycles. The van der Waals surface area contributed by atoms with Gasteiger partial charge in [-0.2, -0.15) is 18.3 Å². The Balaban J connectivity index is 2.00. The summed E-state index contributed by atoms with van der Waals surface area (Å²) in [7, 11) is 0. The molecule has 0 bridgehead atoms. The van der Waals surface area contributed by atoms with Gasteiger partial charge in [-0.25, -0.2) is 4.79 Å². The van der Waals surface area contributed by atoms with Crippen LogP contribution in [0.25, 0.3) is 0 Å². The van der Waals surface area contributed by atoms with Gasteiger partial charge in [0.15, 0.2) is 5.82 Å². The Morgan fingerprint density at radius 3 is 2.79 bits per heavy atom. The highest BCUT2D eigenvalue weighted by molar-refractivity contribution is 5.97. The van der Waals surface area contributed by atoms with Gasteiger partial charge in [0.1, 0.15) is 6.61 Å². The second-order valence-corrected chi connectivity index (χ2v) is 5.72. The van der Waals surface area contributed by atoms with Crippen molar-refractivity contribution in [3.05, 3.63) is 57.9 Å². The van der Waals surface area contributed by atoms with Crippen LogP contribution in [-0.2, 0) is 15.7 Å². The van der Waals surface area contributed by atoms with Gasteiger partial charge in [0.25, 0.3) is 0 Å². The van der Waals surface area contributed by atoms with E-state index in [1.165, 1.54) is 18.2 Å². The molecule has 4 rings (SSSR count). The Hall–Kier alpha value is -2.77. The molecule has 24 heavy (non-hydrogen) atoms. The molecule has 2 aliphatic heterocycles. The summed E-state index contributed by atoms with van der Waals surface area (Å²) in [5, 5.41) is 9.84. The molecule has 0 radical (unpaired) electrons. The zero-order valence-electron chi connectivity index (χ0n) is 12.5. The van der Waals surface area contributed by atoms with E-state index in [2.05, 4.69) is 15.5 Å². The van der Waals surface area contributed by atoms with Crippen molar-refractivity contribution >= 4 is 11.8 Å². The van der Waals surface area contributed by atoms with Gasteiger partial charge in [-0.15, -0.1) is 0 Å². The number of aromatic nitrogens is 2. The van der Waals surface area contributed by atoms with Gasteiger partial charge < -0.3 is 10.1 Å². The standard InChI is InChI=1S/C16H12F3N3O2/c1-7-11-12(8-4-2-3-5-9(8)16(17,18)19)13-10(6-24-15(13)23)20-14(11)22-21-7/h2-5,12H,6H2,1H3,(H2,20,21,22)/t12-/m1/s1. The predicted molar refractivity (Wildman–Crippen MR) is 78.2 cm³/mol. The van der Waals surface area contributed by atoms with Crippen LogP contribution in [-0.4, -0.2) is 22.8 Å². The maximum absolute atomic E-state index is 13.5. The number of nitrogens with one attached hydrogen (secondary N) is 2. The zero-order chi connectivity index (χ0) is 17.1. The van der Waals surface area contributed by atoms with Crippen LogP contribution in [0.3, 0.4) is 0 Å². The molecule has 1 aromatic carbocycles. The van der Waals surface area contributed by atoms with Gasteiger partial charge in [-0.1, -0.05) is 18.2 Å². The van der Waals surface area contributed by atoms with E-state index >= 15 is 0 Å². The summed E-state index contributed by atoms with van der Waals surface area (Å²) in [5.41, 5.74) is 1.05. The van der Waals surface area contributed by atoms with Gasteiger partial charge in [0.2, 0.25) is 0 Å². The first-order valence-electron chi connectivity index (χ1n) is 7.26. The van der Waals surface area contributed by atoms with Gasteiger partial charge in [0, 0.05) is 17.2 Å². The first-order valence-corrected chi connectivity index (χ1v) is 7.26. The number of aromatic amines is 1. The van der Waals surface area contributed by atoms with Crippen LogP contribution in [0.15, 0.2) is 35.5 Å². The van der Waals surface area contributed by atoms with E-state index < -0.39 is 23.6 Å². The van der Waals surface area contributed by atoms with Crippen molar-refractivity contribution in [2.24, 2.45) is 0 Å². The quantitative estimate of drug-likeness (QED) is 0.786. The largest absolute Gasteiger partial charge is 0.456 e. The van der Waals surface area contributed by atoms with Crippen LogP contribution in [0.1, 0.15) is 28.3 Å². The molecule has 2 aliphatic rings. The number of carbonyl (C=O) groups excluding carboxylic acids is 1. The number of anilines is 1. The second kappa shape index (κ2) is 4.86. The summed E-state index contributed by atoms with van der Waals surface area (Å²) in [6, 6.07) is 5.28. The van der Waals surface area contributed by atoms with Gasteiger partial charge in [0.05, 0.1) is 16.8 Å². The number of rotatable bonds is 1. The summed E-state index contributed by atoms with van der Waals surface area (Å²) >= 11 is 0. The normalized spacial score (nSPS) is 19.7. The number of alkyl halides is 3. The summed E-state index contributed by atoms with van der Waals surface area (Å²) in [6.07, 6.45) is -4.53. The van der Waals surface area contributed by atoms with Crippen LogP contribution in [0, 0.1) is 6.92 Å². The number of carbonyl (C=O) groups is 1. The Morgan fingerprint density at radius 1 is 1.29 bits per heavy atom. The van der Waals surface area contributed by atoms with Crippen LogP contribution < -0.4 is 5.32 Å². The topological polar surface area (TPSA) is 67.0 Å². The lowest BCUT2D eigenvalue weighted by Crippen LogP contribution is -2.22. The van der Waals surface area contributed by atoms with E-state index in [9.17, 15) is 18.0 Å². The molecule has 2 N–H and O–H groups in total. The highest BCUT2D eigenvalue weighted by atomic mass is 19.4. The molecule has 0 fully saturated rings. The van der Waals surface area contributed by atoms with Crippen LogP contribution in [0.2, 0.25) is 0 Å². The summed E-state index contributed by atoms with van der Waals surface area (Å²) < 4.78 is 45.4. The molecule has 0 saturated carbocycles. The highest BCUT2D eigenvalue weighted by Gasteiger charge is 2.44. The smallest absolute Gasteiger partial charge is 0.416 e. The van der Waals surface area contributed by atoms with Crippen LogP contribution >= 0.6 is 0 Å². The number of halogens is 3. The molecule has 0 amide bonds. The van der Waals surface area contributed by atoms with Crippen molar-refractivity contribution in [2.45, 2.75) is 19.0 Å². The number of H-pyrrole nitrogens is 1. The molecule has 2 aromatic rings. The molecule has 5 nitrogen and oxygen atoms in total. The first-order chi connectivity index (χ1) is 11.4. The SMILES string of the molecule is Cc1[nH]nc2c1[C@@H](c1ccccc1C(F)(F)F)C1=C(COC1=O)N2. The average Bonchev–Trinajstić information content (AvgIpc) is 3.09. The molecule has 1 aromatic heterocycles. The minimum absolute atomic E-state index is 0.00417. The van der Waals surface area contributed by atoms with Crippen LogP contribution in [0.5, 0.6) is 0 Å². The molecule has 1 atom stereocenters. The fraction of sp³-hybridized carbons (Fsp3) is 0.250. The maximum atomic E-state index is 13.5. The predicted octanol–water partition coefficient (Wildman–Crippen LogP) is 3.11. The van der Waals surface area contributed by atoms with Crippen molar-refractivity contribution in [1.82, 2.24) is 10.2 Å². The number of hydrogen-bond donors (Lipinski definition) is 2. The minimum atomic E-state index is -4.53. The molecule has 0 unspecified atom stereocenters. The van der Waals surface area contributed by atoms with Gasteiger partial charge >= 0.3 is 12.1 Å². The molecule has 0 aliphatic carbocycles. The van der Waals surface area contributed by atoms with Crippen molar-refractivity contribution in [3.8, 4) is 0 Å². The maximum Gasteiger partial charge on any atom is 0.416 e. The van der Waals surface area contributed by atoms with E-state index in [0.29, 0.717) is 22.8 Å². The Morgan fingerprint density at radius 2 is 2.04 bits per heavy atom. The number of ether oxygens (including phenoxy) is 1. The Bertz CT molecular complexity index is 883. The summed E-state index contributed by atoms with van der Waals surface area (Å²) in [4.78, 5) is 12.2. The molecule has 8 heteroatoms.